The van der Waals surface area contributed by atoms with E-state index in [-0.39, 0.29) is 5.54 Å². The van der Waals surface area contributed by atoms with Gasteiger partial charge in [-0.15, -0.1) is 0 Å². The van der Waals surface area contributed by atoms with E-state index in [1.165, 1.54) is 83.5 Å². The van der Waals surface area contributed by atoms with Crippen molar-refractivity contribution in [1.29, 1.82) is 0 Å². The minimum absolute atomic E-state index is 0.255. The number of rotatable bonds is 9. The Kier molecular flexibility index (Phi) is 5.54. The second-order valence-electron chi connectivity index (χ2n) is 7.04. The van der Waals surface area contributed by atoms with Crippen LogP contribution < -0.4 is 5.73 Å². The van der Waals surface area contributed by atoms with Gasteiger partial charge in [0.05, 0.1) is 0 Å². The van der Waals surface area contributed by atoms with Gasteiger partial charge in [0.25, 0.3) is 0 Å². The van der Waals surface area contributed by atoms with Crippen molar-refractivity contribution in [3.05, 3.63) is 0 Å². The van der Waals surface area contributed by atoms with Gasteiger partial charge >= 0.3 is 0 Å². The summed E-state index contributed by atoms with van der Waals surface area (Å²) in [6, 6.07) is 0. The van der Waals surface area contributed by atoms with Gasteiger partial charge in [-0.05, 0) is 37.5 Å². The predicted molar refractivity (Wildman–Crippen MR) is 79.6 cm³/mol. The molecule has 1 heteroatoms. The molecular weight excluding hydrogens is 218 g/mol. The Bertz CT molecular complexity index is 238. The van der Waals surface area contributed by atoms with Gasteiger partial charge in [-0.2, -0.15) is 0 Å². The van der Waals surface area contributed by atoms with Crippen LogP contribution in [0.1, 0.15) is 90.4 Å². The number of unbranched alkanes of at least 4 members (excludes halogenated alkanes) is 7. The van der Waals surface area contributed by atoms with E-state index in [1.54, 1.807) is 0 Å². The molecule has 0 saturated heterocycles. The molecule has 1 nitrogen and oxygen atoms in total. The minimum Gasteiger partial charge on any atom is -0.325 e. The molecule has 0 aromatic heterocycles. The van der Waals surface area contributed by atoms with Crippen LogP contribution in [0.3, 0.4) is 0 Å². The summed E-state index contributed by atoms with van der Waals surface area (Å²) in [5.41, 5.74) is 6.88. The predicted octanol–water partition coefficient (Wildman–Crippen LogP) is 5.03. The first-order chi connectivity index (χ1) is 8.74. The lowest BCUT2D eigenvalue weighted by atomic mass is 9.78. The minimum atomic E-state index is 0.255. The van der Waals surface area contributed by atoms with E-state index in [0.29, 0.717) is 0 Å². The van der Waals surface area contributed by atoms with E-state index in [4.69, 9.17) is 5.73 Å². The van der Waals surface area contributed by atoms with E-state index in [1.807, 2.05) is 0 Å². The molecule has 2 rings (SSSR count). The highest BCUT2D eigenvalue weighted by molar-refractivity contribution is 5.03. The Hall–Kier alpha value is -0.0400. The third-order valence-corrected chi connectivity index (χ3v) is 5.52. The summed E-state index contributed by atoms with van der Waals surface area (Å²) < 4.78 is 0. The molecule has 0 radical (unpaired) electrons. The topological polar surface area (TPSA) is 26.0 Å². The molecule has 0 heterocycles. The third kappa shape index (κ3) is 3.73. The summed E-state index contributed by atoms with van der Waals surface area (Å²) in [7, 11) is 0. The Morgan fingerprint density at radius 3 is 2.17 bits per heavy atom. The molecule has 106 valence electrons. The van der Waals surface area contributed by atoms with Gasteiger partial charge in [0.15, 0.2) is 0 Å². The molecule has 2 bridgehead atoms. The molecule has 3 atom stereocenters. The molecule has 0 aliphatic heterocycles. The van der Waals surface area contributed by atoms with Crippen molar-refractivity contribution in [3.63, 3.8) is 0 Å². The van der Waals surface area contributed by atoms with Gasteiger partial charge in [0.1, 0.15) is 0 Å². The van der Waals surface area contributed by atoms with Gasteiger partial charge in [-0.25, -0.2) is 0 Å². The average Bonchev–Trinajstić information content (AvgIpc) is 2.92. The molecule has 0 spiro atoms. The second-order valence-corrected chi connectivity index (χ2v) is 7.04. The Morgan fingerprint density at radius 1 is 0.944 bits per heavy atom. The van der Waals surface area contributed by atoms with E-state index in [9.17, 15) is 0 Å². The molecule has 3 unspecified atom stereocenters. The summed E-state index contributed by atoms with van der Waals surface area (Å²) in [4.78, 5) is 0. The zero-order valence-electron chi connectivity index (χ0n) is 12.4. The molecule has 2 N–H and O–H groups in total. The first-order valence-electron chi connectivity index (χ1n) is 8.53. The van der Waals surface area contributed by atoms with Crippen molar-refractivity contribution in [2.45, 2.75) is 95.9 Å². The van der Waals surface area contributed by atoms with E-state index < -0.39 is 0 Å². The van der Waals surface area contributed by atoms with Gasteiger partial charge < -0.3 is 5.73 Å². The summed E-state index contributed by atoms with van der Waals surface area (Å²) >= 11 is 0. The first kappa shape index (κ1) is 14.4. The fraction of sp³-hybridized carbons (Fsp3) is 1.00. The Labute approximate surface area is 114 Å². The highest BCUT2D eigenvalue weighted by Crippen LogP contribution is 2.51. The lowest BCUT2D eigenvalue weighted by molar-refractivity contribution is 0.246. The van der Waals surface area contributed by atoms with Crippen LogP contribution in [0, 0.1) is 11.8 Å². The van der Waals surface area contributed by atoms with Crippen molar-refractivity contribution >= 4 is 0 Å². The molecule has 0 aromatic carbocycles. The standard InChI is InChI=1S/C17H33N/c1-2-3-4-5-6-7-8-9-12-17(18)14-15-10-11-16(17)13-15/h15-16H,2-14,18H2,1H3. The molecule has 2 fully saturated rings. The highest BCUT2D eigenvalue weighted by Gasteiger charge is 2.47. The van der Waals surface area contributed by atoms with E-state index >= 15 is 0 Å². The molecule has 2 aliphatic carbocycles. The lowest BCUT2D eigenvalue weighted by Crippen LogP contribution is -2.44. The highest BCUT2D eigenvalue weighted by atomic mass is 14.8. The maximum absolute atomic E-state index is 6.62. The molecule has 0 aromatic rings. The van der Waals surface area contributed by atoms with Crippen LogP contribution in [-0.2, 0) is 0 Å². The van der Waals surface area contributed by atoms with Crippen molar-refractivity contribution < 1.29 is 0 Å². The number of nitrogens with two attached hydrogens (primary N) is 1. The maximum atomic E-state index is 6.62. The van der Waals surface area contributed by atoms with Crippen LogP contribution in [0.2, 0.25) is 0 Å². The van der Waals surface area contributed by atoms with Crippen LogP contribution in [0.15, 0.2) is 0 Å². The summed E-state index contributed by atoms with van der Waals surface area (Å²) in [5, 5.41) is 0. The van der Waals surface area contributed by atoms with Gasteiger partial charge in [-0.1, -0.05) is 64.7 Å². The van der Waals surface area contributed by atoms with Crippen LogP contribution in [0.25, 0.3) is 0 Å². The molecule has 2 saturated carbocycles. The largest absolute Gasteiger partial charge is 0.325 e. The van der Waals surface area contributed by atoms with Gasteiger partial charge in [-0.3, -0.25) is 0 Å². The summed E-state index contributed by atoms with van der Waals surface area (Å²) in [6.07, 6.45) is 18.4. The normalized spacial score (nSPS) is 34.3. The van der Waals surface area contributed by atoms with Crippen molar-refractivity contribution in [2.24, 2.45) is 17.6 Å². The molecule has 18 heavy (non-hydrogen) atoms. The van der Waals surface area contributed by atoms with Crippen molar-refractivity contribution in [2.75, 3.05) is 0 Å². The quantitative estimate of drug-likeness (QED) is 0.571. The molecule has 2 aliphatic rings. The Balaban J connectivity index is 1.48. The Morgan fingerprint density at radius 2 is 1.61 bits per heavy atom. The maximum Gasteiger partial charge on any atom is 0.0185 e. The van der Waals surface area contributed by atoms with Crippen LogP contribution in [-0.4, -0.2) is 5.54 Å². The van der Waals surface area contributed by atoms with Crippen molar-refractivity contribution in [3.8, 4) is 0 Å². The SMILES string of the molecule is CCCCCCCCCCC1(N)CC2CCC1C2. The fourth-order valence-corrected chi connectivity index (χ4v) is 4.38. The van der Waals surface area contributed by atoms with Crippen molar-refractivity contribution in [1.82, 2.24) is 0 Å². The zero-order valence-corrected chi connectivity index (χ0v) is 12.4. The summed E-state index contributed by atoms with van der Waals surface area (Å²) in [6.45, 7) is 2.29. The van der Waals surface area contributed by atoms with Crippen LogP contribution >= 0.6 is 0 Å². The van der Waals surface area contributed by atoms with Crippen LogP contribution in [0.4, 0.5) is 0 Å². The molecule has 0 amide bonds. The van der Waals surface area contributed by atoms with Gasteiger partial charge in [0.2, 0.25) is 0 Å². The van der Waals surface area contributed by atoms with E-state index in [0.717, 1.165) is 11.8 Å². The smallest absolute Gasteiger partial charge is 0.0185 e. The fourth-order valence-electron chi connectivity index (χ4n) is 4.38. The summed E-state index contributed by atoms with van der Waals surface area (Å²) in [5.74, 6) is 1.88. The lowest BCUT2D eigenvalue weighted by Gasteiger charge is -2.34. The first-order valence-corrected chi connectivity index (χ1v) is 8.53. The van der Waals surface area contributed by atoms with Gasteiger partial charge in [0, 0.05) is 5.54 Å². The monoisotopic (exact) mass is 251 g/mol. The number of hydrogen-bond acceptors (Lipinski definition) is 1. The third-order valence-electron chi connectivity index (χ3n) is 5.52. The number of hydrogen-bond donors (Lipinski definition) is 1. The number of fused-ring (bicyclic) bond motifs is 2. The zero-order chi connectivity index (χ0) is 12.8. The molecular formula is C17H33N. The second kappa shape index (κ2) is 6.93. The average molecular weight is 251 g/mol. The van der Waals surface area contributed by atoms with Crippen LogP contribution in [0.5, 0.6) is 0 Å². The van der Waals surface area contributed by atoms with E-state index in [2.05, 4.69) is 6.92 Å².